The zero-order chi connectivity index (χ0) is 20.1. The first-order valence-electron chi connectivity index (χ1n) is 8.56. The number of piperidine rings is 1. The van der Waals surface area contributed by atoms with Gasteiger partial charge in [-0.25, -0.2) is 4.98 Å². The molecule has 2 aromatic rings. The van der Waals surface area contributed by atoms with Gasteiger partial charge in [-0.15, -0.1) is 0 Å². The second-order valence-electron chi connectivity index (χ2n) is 6.68. The average Bonchev–Trinajstić information content (AvgIpc) is 2.97. The van der Waals surface area contributed by atoms with Crippen LogP contribution in [0.4, 0.5) is 13.2 Å². The molecule has 28 heavy (non-hydrogen) atoms. The minimum Gasteiger partial charge on any atom is -0.322 e. The number of aromatic nitrogens is 1. The molecule has 1 atom stereocenters. The van der Waals surface area contributed by atoms with Crippen molar-refractivity contribution < 1.29 is 27.6 Å². The van der Waals surface area contributed by atoms with Gasteiger partial charge in [0.1, 0.15) is 11.7 Å². The largest absolute Gasteiger partial charge is 0.433 e. The van der Waals surface area contributed by atoms with Gasteiger partial charge in [0, 0.05) is 24.1 Å². The van der Waals surface area contributed by atoms with E-state index in [1.165, 1.54) is 29.2 Å². The van der Waals surface area contributed by atoms with Crippen LogP contribution in [0.25, 0.3) is 11.3 Å². The predicted molar refractivity (Wildman–Crippen MR) is 90.7 cm³/mol. The van der Waals surface area contributed by atoms with Crippen LogP contribution in [-0.4, -0.2) is 33.6 Å². The lowest BCUT2D eigenvalue weighted by Gasteiger charge is -2.29. The summed E-state index contributed by atoms with van der Waals surface area (Å²) < 4.78 is 38.7. The van der Waals surface area contributed by atoms with E-state index in [0.29, 0.717) is 16.7 Å². The van der Waals surface area contributed by atoms with Crippen LogP contribution in [0.15, 0.2) is 36.4 Å². The molecule has 1 N–H and O–H groups in total. The third-order valence-corrected chi connectivity index (χ3v) is 4.86. The molecule has 1 unspecified atom stereocenters. The van der Waals surface area contributed by atoms with Crippen molar-refractivity contribution >= 4 is 17.7 Å². The number of carbonyl (C=O) groups excluding carboxylic acids is 3. The monoisotopic (exact) mass is 389 g/mol. The lowest BCUT2D eigenvalue weighted by atomic mass is 10.0. The second-order valence-corrected chi connectivity index (χ2v) is 6.68. The fourth-order valence-electron chi connectivity index (χ4n) is 3.49. The zero-order valence-electron chi connectivity index (χ0n) is 14.4. The van der Waals surface area contributed by atoms with E-state index >= 15 is 0 Å². The average molecular weight is 389 g/mol. The number of nitrogens with zero attached hydrogens (tertiary/aromatic N) is 2. The van der Waals surface area contributed by atoms with E-state index in [4.69, 9.17) is 0 Å². The highest BCUT2D eigenvalue weighted by atomic mass is 19.4. The van der Waals surface area contributed by atoms with Crippen molar-refractivity contribution in [1.82, 2.24) is 15.2 Å². The van der Waals surface area contributed by atoms with Gasteiger partial charge in [-0.1, -0.05) is 12.1 Å². The number of rotatable bonds is 2. The molecule has 9 heteroatoms. The van der Waals surface area contributed by atoms with E-state index in [-0.39, 0.29) is 36.9 Å². The molecule has 6 nitrogen and oxygen atoms in total. The Morgan fingerprint density at radius 3 is 2.61 bits per heavy atom. The Labute approximate surface area is 157 Å². The van der Waals surface area contributed by atoms with Crippen LogP contribution in [0.2, 0.25) is 0 Å². The van der Waals surface area contributed by atoms with Crippen molar-refractivity contribution in [2.75, 3.05) is 0 Å². The SMILES string of the molecule is O=C1CCC(N2Cc3cc(-c4cccc(C(F)(F)F)n4)ccc3C2=O)C(=O)N1. The van der Waals surface area contributed by atoms with Crippen LogP contribution in [-0.2, 0) is 22.3 Å². The summed E-state index contributed by atoms with van der Waals surface area (Å²) in [5.74, 6) is -1.23. The highest BCUT2D eigenvalue weighted by molar-refractivity contribution is 6.05. The molecule has 1 saturated heterocycles. The molecular weight excluding hydrogens is 375 g/mol. The molecule has 3 amide bonds. The standard InChI is InChI=1S/C19H14F3N3O3/c20-19(21,22)15-3-1-2-13(23-15)10-4-5-12-11(8-10)9-25(18(12)28)14-6-7-16(26)24-17(14)27/h1-5,8,14H,6-7,9H2,(H,24,26,27). The second kappa shape index (κ2) is 6.43. The molecule has 4 rings (SSSR count). The summed E-state index contributed by atoms with van der Waals surface area (Å²) in [6, 6.07) is 7.57. The van der Waals surface area contributed by atoms with Gasteiger partial charge in [0.05, 0.1) is 5.69 Å². The number of hydrogen-bond acceptors (Lipinski definition) is 4. The third-order valence-electron chi connectivity index (χ3n) is 4.86. The number of halogens is 3. The third kappa shape index (κ3) is 3.12. The molecule has 144 valence electrons. The van der Waals surface area contributed by atoms with Gasteiger partial charge >= 0.3 is 6.18 Å². The van der Waals surface area contributed by atoms with Crippen LogP contribution < -0.4 is 5.32 Å². The summed E-state index contributed by atoms with van der Waals surface area (Å²) in [5, 5.41) is 2.22. The minimum atomic E-state index is -4.55. The van der Waals surface area contributed by atoms with Gasteiger partial charge < -0.3 is 4.90 Å². The van der Waals surface area contributed by atoms with Gasteiger partial charge in [0.15, 0.2) is 0 Å². The Morgan fingerprint density at radius 1 is 1.11 bits per heavy atom. The Kier molecular flexibility index (Phi) is 4.17. The Hall–Kier alpha value is -3.23. The number of hydrogen-bond donors (Lipinski definition) is 1. The molecule has 0 saturated carbocycles. The van der Waals surface area contributed by atoms with E-state index in [0.717, 1.165) is 6.07 Å². The maximum Gasteiger partial charge on any atom is 0.433 e. The lowest BCUT2D eigenvalue weighted by Crippen LogP contribution is -2.52. The molecule has 3 heterocycles. The summed E-state index contributed by atoms with van der Waals surface area (Å²) in [7, 11) is 0. The molecule has 0 bridgehead atoms. The normalized spacial score (nSPS) is 19.6. The Morgan fingerprint density at radius 2 is 1.89 bits per heavy atom. The van der Waals surface area contributed by atoms with Crippen LogP contribution in [0, 0.1) is 0 Å². The van der Waals surface area contributed by atoms with Crippen LogP contribution >= 0.6 is 0 Å². The maximum atomic E-state index is 12.9. The highest BCUT2D eigenvalue weighted by Gasteiger charge is 2.39. The van der Waals surface area contributed by atoms with Crippen LogP contribution in [0.1, 0.15) is 34.5 Å². The summed E-state index contributed by atoms with van der Waals surface area (Å²) in [6.07, 6.45) is -4.16. The zero-order valence-corrected chi connectivity index (χ0v) is 14.4. The molecule has 1 fully saturated rings. The minimum absolute atomic E-state index is 0.143. The Bertz CT molecular complexity index is 1000. The molecule has 0 spiro atoms. The first kappa shape index (κ1) is 18.1. The molecule has 1 aromatic carbocycles. The summed E-state index contributed by atoms with van der Waals surface area (Å²) in [5.41, 5.74) is 0.589. The molecule has 1 aromatic heterocycles. The topological polar surface area (TPSA) is 79.4 Å². The van der Waals surface area contributed by atoms with Crippen molar-refractivity contribution in [2.24, 2.45) is 0 Å². The quantitative estimate of drug-likeness (QED) is 0.801. The van der Waals surface area contributed by atoms with Crippen LogP contribution in [0.5, 0.6) is 0 Å². The molecule has 0 aliphatic carbocycles. The van der Waals surface area contributed by atoms with E-state index in [2.05, 4.69) is 10.3 Å². The van der Waals surface area contributed by atoms with Crippen molar-refractivity contribution in [1.29, 1.82) is 0 Å². The maximum absolute atomic E-state index is 12.9. The van der Waals surface area contributed by atoms with Gasteiger partial charge in [0.25, 0.3) is 5.91 Å². The van der Waals surface area contributed by atoms with E-state index in [1.807, 2.05) is 0 Å². The number of fused-ring (bicyclic) bond motifs is 1. The number of nitrogens with one attached hydrogen (secondary N) is 1. The first-order chi connectivity index (χ1) is 13.2. The number of imide groups is 1. The van der Waals surface area contributed by atoms with Crippen LogP contribution in [0.3, 0.4) is 0 Å². The summed E-state index contributed by atoms with van der Waals surface area (Å²) in [4.78, 5) is 41.1. The van der Waals surface area contributed by atoms with E-state index in [9.17, 15) is 27.6 Å². The van der Waals surface area contributed by atoms with Gasteiger partial charge in [-0.3, -0.25) is 19.7 Å². The predicted octanol–water partition coefficient (Wildman–Crippen LogP) is 2.53. The number of carbonyl (C=O) groups is 3. The lowest BCUT2D eigenvalue weighted by molar-refractivity contribution is -0.141. The van der Waals surface area contributed by atoms with Crippen molar-refractivity contribution in [3.63, 3.8) is 0 Å². The van der Waals surface area contributed by atoms with Gasteiger partial charge in [-0.2, -0.15) is 13.2 Å². The number of amides is 3. The van der Waals surface area contributed by atoms with Gasteiger partial charge in [-0.05, 0) is 36.2 Å². The number of pyridine rings is 1. The van der Waals surface area contributed by atoms with E-state index in [1.54, 1.807) is 6.07 Å². The molecule has 2 aliphatic heterocycles. The molecule has 0 radical (unpaired) electrons. The van der Waals surface area contributed by atoms with Crippen molar-refractivity contribution in [2.45, 2.75) is 31.6 Å². The summed E-state index contributed by atoms with van der Waals surface area (Å²) in [6.45, 7) is 0.146. The van der Waals surface area contributed by atoms with Crippen molar-refractivity contribution in [3.05, 3.63) is 53.2 Å². The first-order valence-corrected chi connectivity index (χ1v) is 8.56. The Balaban J connectivity index is 1.63. The molecule has 2 aliphatic rings. The molecular formula is C19H14F3N3O3. The summed E-state index contributed by atoms with van der Waals surface area (Å²) >= 11 is 0. The fourth-order valence-corrected chi connectivity index (χ4v) is 3.49. The smallest absolute Gasteiger partial charge is 0.322 e. The fraction of sp³-hybridized carbons (Fsp3) is 0.263. The number of benzene rings is 1. The van der Waals surface area contributed by atoms with Crippen molar-refractivity contribution in [3.8, 4) is 11.3 Å². The number of alkyl halides is 3. The van der Waals surface area contributed by atoms with Gasteiger partial charge in [0.2, 0.25) is 11.8 Å². The van der Waals surface area contributed by atoms with E-state index < -0.39 is 23.8 Å². The highest BCUT2D eigenvalue weighted by Crippen LogP contribution is 2.32.